The van der Waals surface area contributed by atoms with Crippen molar-refractivity contribution in [2.75, 3.05) is 6.61 Å². The van der Waals surface area contributed by atoms with Gasteiger partial charge in [0.1, 0.15) is 0 Å². The highest BCUT2D eigenvalue weighted by atomic mass is 16.7. The molecule has 0 aromatic carbocycles. The third-order valence-electron chi connectivity index (χ3n) is 5.14. The Morgan fingerprint density at radius 1 is 0.632 bits per heavy atom. The second-order valence-electron chi connectivity index (χ2n) is 7.82. The third kappa shape index (κ3) is 2.48. The first kappa shape index (κ1) is 15.4. The molecule has 4 nitrogen and oxygen atoms in total. The van der Waals surface area contributed by atoms with E-state index in [0.29, 0.717) is 6.61 Å². The van der Waals surface area contributed by atoms with Gasteiger partial charge < -0.3 is 18.6 Å². The molecule has 0 N–H and O–H groups in total. The van der Waals surface area contributed by atoms with Gasteiger partial charge in [-0.15, -0.1) is 0 Å². The van der Waals surface area contributed by atoms with Crippen LogP contribution in [-0.4, -0.2) is 37.4 Å². The molecular formula is C13H26B2O4. The average molecular weight is 268 g/mol. The zero-order valence-corrected chi connectivity index (χ0v) is 13.5. The van der Waals surface area contributed by atoms with E-state index in [1.54, 1.807) is 0 Å². The number of hydrogen-bond acceptors (Lipinski definition) is 4. The van der Waals surface area contributed by atoms with Crippen LogP contribution >= 0.6 is 0 Å². The third-order valence-corrected chi connectivity index (χ3v) is 5.14. The van der Waals surface area contributed by atoms with E-state index in [4.69, 9.17) is 18.6 Å². The van der Waals surface area contributed by atoms with E-state index in [-0.39, 0.29) is 22.2 Å². The van der Waals surface area contributed by atoms with E-state index in [9.17, 15) is 0 Å². The zero-order chi connectivity index (χ0) is 14.7. The highest BCUT2D eigenvalue weighted by molar-refractivity contribution is 7.11. The van der Waals surface area contributed by atoms with Crippen LogP contribution in [0.5, 0.6) is 0 Å². The fourth-order valence-electron chi connectivity index (χ4n) is 2.08. The lowest BCUT2D eigenvalue weighted by Crippen LogP contribution is -2.60. The second-order valence-corrected chi connectivity index (χ2v) is 7.82. The van der Waals surface area contributed by atoms with Gasteiger partial charge in [0.2, 0.25) is 0 Å². The van der Waals surface area contributed by atoms with Gasteiger partial charge in [0.15, 0.2) is 0 Å². The normalized spacial score (nSPS) is 31.6. The zero-order valence-electron chi connectivity index (χ0n) is 13.5. The molecule has 0 atom stereocenters. The van der Waals surface area contributed by atoms with E-state index in [1.807, 2.05) is 27.7 Å². The van der Waals surface area contributed by atoms with E-state index < -0.39 is 14.0 Å². The Morgan fingerprint density at radius 2 is 1.05 bits per heavy atom. The Labute approximate surface area is 117 Å². The van der Waals surface area contributed by atoms with Crippen molar-refractivity contribution in [2.24, 2.45) is 5.41 Å². The summed E-state index contributed by atoms with van der Waals surface area (Å²) in [5, 5.41) is 0. The van der Waals surface area contributed by atoms with Gasteiger partial charge in [-0.05, 0) is 41.5 Å². The molecule has 0 radical (unpaired) electrons. The molecule has 0 aromatic rings. The Bertz CT molecular complexity index is 350. The molecule has 0 saturated carbocycles. The van der Waals surface area contributed by atoms with Crippen molar-refractivity contribution in [2.45, 2.75) is 72.2 Å². The lowest BCUT2D eigenvalue weighted by molar-refractivity contribution is -0.0942. The van der Waals surface area contributed by atoms with Crippen molar-refractivity contribution in [3.63, 3.8) is 0 Å². The van der Waals surface area contributed by atoms with Crippen LogP contribution in [0.4, 0.5) is 0 Å². The highest BCUT2D eigenvalue weighted by Crippen LogP contribution is 2.42. The standard InChI is InChI=1S/C13H26B2O4/c1-10(2)9-16-14(17-11(10,3)4)15-18-12(5,6)13(7,8)19-15/h9H2,1-8H3. The van der Waals surface area contributed by atoms with Crippen molar-refractivity contribution in [1.29, 1.82) is 0 Å². The molecule has 0 spiro atoms. The van der Waals surface area contributed by atoms with Crippen molar-refractivity contribution < 1.29 is 18.6 Å². The lowest BCUT2D eigenvalue weighted by Gasteiger charge is -2.47. The summed E-state index contributed by atoms with van der Waals surface area (Å²) < 4.78 is 23.9. The maximum absolute atomic E-state index is 6.09. The first-order valence-electron chi connectivity index (χ1n) is 7.03. The minimum atomic E-state index is -0.472. The summed E-state index contributed by atoms with van der Waals surface area (Å²) in [5.74, 6) is 0. The molecule has 2 aliphatic rings. The van der Waals surface area contributed by atoms with Gasteiger partial charge in [-0.2, -0.15) is 0 Å². The van der Waals surface area contributed by atoms with E-state index in [1.165, 1.54) is 0 Å². The van der Waals surface area contributed by atoms with E-state index in [2.05, 4.69) is 27.7 Å². The Kier molecular flexibility index (Phi) is 3.42. The molecule has 19 heavy (non-hydrogen) atoms. The minimum Gasteiger partial charge on any atom is -0.413 e. The Hall–Kier alpha value is -0.0301. The van der Waals surface area contributed by atoms with Crippen LogP contribution in [0, 0.1) is 5.41 Å². The molecular weight excluding hydrogens is 242 g/mol. The fraction of sp³-hybridized carbons (Fsp3) is 1.00. The predicted molar refractivity (Wildman–Crippen MR) is 76.7 cm³/mol. The largest absolute Gasteiger partial charge is 0.488 e. The molecule has 0 aliphatic carbocycles. The Morgan fingerprint density at radius 3 is 1.47 bits per heavy atom. The van der Waals surface area contributed by atoms with Crippen molar-refractivity contribution in [3.05, 3.63) is 0 Å². The number of rotatable bonds is 1. The summed E-state index contributed by atoms with van der Waals surface area (Å²) in [7, 11) is -0.940. The smallest absolute Gasteiger partial charge is 0.413 e. The highest BCUT2D eigenvalue weighted by Gasteiger charge is 2.60. The summed E-state index contributed by atoms with van der Waals surface area (Å²) >= 11 is 0. The molecule has 6 heteroatoms. The summed E-state index contributed by atoms with van der Waals surface area (Å²) in [5.41, 5.74) is -1.03. The molecule has 0 bridgehead atoms. The maximum Gasteiger partial charge on any atom is 0.488 e. The van der Waals surface area contributed by atoms with Crippen molar-refractivity contribution >= 4 is 14.0 Å². The summed E-state index contributed by atoms with van der Waals surface area (Å²) in [4.78, 5) is 0. The van der Waals surface area contributed by atoms with Crippen LogP contribution in [0.2, 0.25) is 0 Å². The minimum absolute atomic E-state index is 0.0346. The molecule has 2 aliphatic heterocycles. The topological polar surface area (TPSA) is 36.9 Å². The van der Waals surface area contributed by atoms with Gasteiger partial charge in [-0.25, -0.2) is 0 Å². The lowest BCUT2D eigenvalue weighted by atomic mass is 9.47. The predicted octanol–water partition coefficient (Wildman–Crippen LogP) is 2.50. The van der Waals surface area contributed by atoms with Crippen LogP contribution in [-0.2, 0) is 18.6 Å². The fourth-order valence-corrected chi connectivity index (χ4v) is 2.08. The van der Waals surface area contributed by atoms with Gasteiger partial charge in [0, 0.05) is 12.0 Å². The summed E-state index contributed by atoms with van der Waals surface area (Å²) in [6.45, 7) is 17.2. The quantitative estimate of drug-likeness (QED) is 0.684. The molecule has 2 heterocycles. The first-order chi connectivity index (χ1) is 8.38. The molecule has 0 aromatic heterocycles. The second kappa shape index (κ2) is 4.23. The molecule has 108 valence electrons. The van der Waals surface area contributed by atoms with Crippen molar-refractivity contribution in [3.8, 4) is 0 Å². The Balaban J connectivity index is 2.11. The van der Waals surface area contributed by atoms with Gasteiger partial charge in [-0.1, -0.05) is 13.8 Å². The van der Waals surface area contributed by atoms with Crippen LogP contribution in [0.15, 0.2) is 0 Å². The molecule has 2 saturated heterocycles. The van der Waals surface area contributed by atoms with Gasteiger partial charge in [-0.3, -0.25) is 0 Å². The molecule has 2 rings (SSSR count). The van der Waals surface area contributed by atoms with Crippen LogP contribution in [0.1, 0.15) is 55.4 Å². The van der Waals surface area contributed by atoms with Gasteiger partial charge in [0.25, 0.3) is 0 Å². The van der Waals surface area contributed by atoms with Crippen LogP contribution in [0.25, 0.3) is 0 Å². The molecule has 2 fully saturated rings. The van der Waals surface area contributed by atoms with Gasteiger partial charge >= 0.3 is 14.0 Å². The summed E-state index contributed by atoms with van der Waals surface area (Å²) in [6.07, 6.45) is 0. The SMILES string of the molecule is CC1(C)COB(B2OC(C)(C)C(C)(C)O2)OC1(C)C. The monoisotopic (exact) mass is 268 g/mol. The average Bonchev–Trinajstić information content (AvgIpc) is 2.41. The van der Waals surface area contributed by atoms with Crippen molar-refractivity contribution in [1.82, 2.24) is 0 Å². The van der Waals surface area contributed by atoms with Crippen LogP contribution < -0.4 is 0 Å². The summed E-state index contributed by atoms with van der Waals surface area (Å²) in [6, 6.07) is 0. The van der Waals surface area contributed by atoms with E-state index in [0.717, 1.165) is 0 Å². The molecule has 0 amide bonds. The van der Waals surface area contributed by atoms with Gasteiger partial charge in [0.05, 0.1) is 16.8 Å². The van der Waals surface area contributed by atoms with E-state index >= 15 is 0 Å². The number of hydrogen-bond donors (Lipinski definition) is 0. The molecule has 0 unspecified atom stereocenters. The maximum atomic E-state index is 6.09. The van der Waals surface area contributed by atoms with Crippen LogP contribution in [0.3, 0.4) is 0 Å². The first-order valence-corrected chi connectivity index (χ1v) is 7.03.